The van der Waals surface area contributed by atoms with Gasteiger partial charge in [-0.3, -0.25) is 9.11 Å². The number of aryl methyl sites for hydroxylation is 1. The molecule has 0 bridgehead atoms. The molecule has 2 aromatic heterocycles. The van der Waals surface area contributed by atoms with Gasteiger partial charge in [-0.2, -0.15) is 21.4 Å². The zero-order valence-corrected chi connectivity index (χ0v) is 25.6. The van der Waals surface area contributed by atoms with E-state index in [1.54, 1.807) is 12.1 Å². The lowest BCUT2D eigenvalue weighted by molar-refractivity contribution is -0.660. The topological polar surface area (TPSA) is 166 Å². The van der Waals surface area contributed by atoms with Crippen LogP contribution in [-0.2, 0) is 26.8 Å². The van der Waals surface area contributed by atoms with Crippen LogP contribution >= 0.6 is 0 Å². The summed E-state index contributed by atoms with van der Waals surface area (Å²) in [7, 11) is -4.62. The predicted molar refractivity (Wildman–Crippen MR) is 161 cm³/mol. The summed E-state index contributed by atoms with van der Waals surface area (Å²) in [5.74, 6) is 0.597. The number of ether oxygens (including phenoxy) is 3. The van der Waals surface area contributed by atoms with Crippen molar-refractivity contribution in [2.45, 2.75) is 17.9 Å². The molecule has 3 aromatic carbocycles. The third-order valence-electron chi connectivity index (χ3n) is 6.98. The fourth-order valence-electron chi connectivity index (χ4n) is 4.97. The van der Waals surface area contributed by atoms with E-state index in [1.165, 1.54) is 39.7 Å². The first-order valence-corrected chi connectivity index (χ1v) is 16.2. The van der Waals surface area contributed by atoms with Gasteiger partial charge in [-0.05, 0) is 30.3 Å². The van der Waals surface area contributed by atoms with Crippen molar-refractivity contribution < 1.29 is 49.1 Å². The predicted octanol–water partition coefficient (Wildman–Crippen LogP) is 4.67. The number of oxazole rings is 1. The number of methoxy groups -OCH3 is 3. The molecule has 0 aliphatic rings. The van der Waals surface area contributed by atoms with Crippen molar-refractivity contribution in [3.05, 3.63) is 72.9 Å². The van der Waals surface area contributed by atoms with Crippen molar-refractivity contribution in [3.63, 3.8) is 0 Å². The second kappa shape index (κ2) is 12.2. The molecule has 44 heavy (non-hydrogen) atoms. The van der Waals surface area contributed by atoms with Gasteiger partial charge in [-0.25, -0.2) is 4.98 Å². The monoisotopic (exact) mass is 641 g/mol. The first-order chi connectivity index (χ1) is 20.9. The van der Waals surface area contributed by atoms with Gasteiger partial charge in [0.15, 0.2) is 12.3 Å². The summed E-state index contributed by atoms with van der Waals surface area (Å²) in [5.41, 5.74) is 3.05. The van der Waals surface area contributed by atoms with Gasteiger partial charge in [0.05, 0.1) is 49.8 Å². The van der Waals surface area contributed by atoms with Crippen molar-refractivity contribution in [2.24, 2.45) is 0 Å². The van der Waals surface area contributed by atoms with Gasteiger partial charge in [-0.1, -0.05) is 18.2 Å². The van der Waals surface area contributed by atoms with Gasteiger partial charge < -0.3 is 18.6 Å². The van der Waals surface area contributed by atoms with Crippen LogP contribution in [-0.4, -0.2) is 58.0 Å². The molecule has 14 heteroatoms. The molecule has 0 amide bonds. The Bertz CT molecular complexity index is 2060. The number of fused-ring (bicyclic) bond motifs is 1. The zero-order valence-electron chi connectivity index (χ0n) is 23.9. The fraction of sp³-hybridized carbons (Fsp3) is 0.200. The molecule has 0 spiro atoms. The normalized spacial score (nSPS) is 11.9. The van der Waals surface area contributed by atoms with E-state index in [1.807, 2.05) is 47.0 Å². The number of rotatable bonds is 11. The Morgan fingerprint density at radius 2 is 1.57 bits per heavy atom. The maximum absolute atomic E-state index is 12.1. The van der Waals surface area contributed by atoms with E-state index >= 15 is 0 Å². The van der Waals surface area contributed by atoms with Crippen LogP contribution in [0, 0.1) is 0 Å². The van der Waals surface area contributed by atoms with E-state index in [-0.39, 0.29) is 41.7 Å². The molecule has 5 aromatic rings. The maximum Gasteiger partial charge on any atom is 0.298 e. The lowest BCUT2D eigenvalue weighted by atomic mass is 10.0. The largest absolute Gasteiger partial charge is 0.497 e. The summed E-state index contributed by atoms with van der Waals surface area (Å²) in [4.78, 5) is 4.04. The number of benzene rings is 3. The fourth-order valence-corrected chi connectivity index (χ4v) is 6.13. The van der Waals surface area contributed by atoms with Gasteiger partial charge in [-0.15, -0.1) is 0 Å². The molecule has 0 saturated carbocycles. The third kappa shape index (κ3) is 6.38. The van der Waals surface area contributed by atoms with Crippen molar-refractivity contribution >= 4 is 31.1 Å². The minimum atomic E-state index is -4.65. The molecule has 230 valence electrons. The van der Waals surface area contributed by atoms with E-state index in [4.69, 9.17) is 18.6 Å². The van der Waals surface area contributed by atoms with Crippen LogP contribution in [0.4, 0.5) is 0 Å². The molecule has 0 unspecified atom stereocenters. The second-order valence-corrected chi connectivity index (χ2v) is 12.7. The van der Waals surface area contributed by atoms with Crippen LogP contribution < -0.4 is 18.8 Å². The van der Waals surface area contributed by atoms with Crippen molar-refractivity contribution in [2.75, 3.05) is 27.1 Å². The SMILES string of the molecule is COc1ccc2c(c1)c(-c1ncc(-c3cc(S(=O)(=O)O)c(OC)cc3OC)o1)cc(-c1ccccc1)[n+]2CCCS(=O)(=O)O. The van der Waals surface area contributed by atoms with Gasteiger partial charge in [0, 0.05) is 30.2 Å². The Morgan fingerprint density at radius 3 is 2.20 bits per heavy atom. The molecule has 12 nitrogen and oxygen atoms in total. The lowest BCUT2D eigenvalue weighted by Crippen LogP contribution is -2.38. The number of aromatic nitrogens is 2. The summed E-state index contributed by atoms with van der Waals surface area (Å²) >= 11 is 0. The average Bonchev–Trinajstić information content (AvgIpc) is 3.49. The molecule has 0 aliphatic carbocycles. The number of hydrogen-bond acceptors (Lipinski definition) is 9. The highest BCUT2D eigenvalue weighted by Gasteiger charge is 2.27. The molecule has 5 rings (SSSR count). The van der Waals surface area contributed by atoms with Gasteiger partial charge in [0.1, 0.15) is 22.1 Å². The van der Waals surface area contributed by atoms with Crippen LogP contribution in [0.25, 0.3) is 44.9 Å². The van der Waals surface area contributed by atoms with Crippen LogP contribution in [0.5, 0.6) is 17.2 Å². The van der Waals surface area contributed by atoms with Crippen LogP contribution in [0.2, 0.25) is 0 Å². The standard InChI is InChI=1S/C30H28N2O10S2/c1-39-20-10-11-24-21(14-20)22(15-25(19-8-5-4-6-9-19)32(24)12-7-13-43(33,34)35)30-31-18-28(42-30)23-16-29(44(36,37)38)27(41-3)17-26(23)40-2/h4-6,8-11,14-18H,7,12-13H2,1-3H3,(H-,33,34,35,36,37,38)/p+1. The molecule has 0 radical (unpaired) electrons. The lowest BCUT2D eigenvalue weighted by Gasteiger charge is -2.12. The van der Waals surface area contributed by atoms with E-state index < -0.39 is 30.9 Å². The summed E-state index contributed by atoms with van der Waals surface area (Å²) in [6, 6.07) is 19.2. The highest BCUT2D eigenvalue weighted by atomic mass is 32.2. The van der Waals surface area contributed by atoms with Crippen molar-refractivity contribution in [3.8, 4) is 51.3 Å². The Kier molecular flexibility index (Phi) is 8.61. The highest BCUT2D eigenvalue weighted by molar-refractivity contribution is 7.86. The van der Waals surface area contributed by atoms with Crippen LogP contribution in [0.3, 0.4) is 0 Å². The van der Waals surface area contributed by atoms with Crippen molar-refractivity contribution in [1.82, 2.24) is 4.98 Å². The first-order valence-electron chi connectivity index (χ1n) is 13.2. The molecule has 0 fully saturated rings. The first kappa shape index (κ1) is 30.9. The average molecular weight is 642 g/mol. The quantitative estimate of drug-likeness (QED) is 0.152. The Balaban J connectivity index is 1.74. The summed E-state index contributed by atoms with van der Waals surface area (Å²) in [5, 5.41) is 0.671. The van der Waals surface area contributed by atoms with Gasteiger partial charge in [0.25, 0.3) is 20.2 Å². The highest BCUT2D eigenvalue weighted by Crippen LogP contribution is 2.40. The number of pyridine rings is 1. The summed E-state index contributed by atoms with van der Waals surface area (Å²) in [6.07, 6.45) is 1.56. The second-order valence-electron chi connectivity index (χ2n) is 9.69. The minimum absolute atomic E-state index is 0.111. The molecular weight excluding hydrogens is 612 g/mol. The van der Waals surface area contributed by atoms with Crippen LogP contribution in [0.1, 0.15) is 6.42 Å². The van der Waals surface area contributed by atoms with Gasteiger partial charge >= 0.3 is 0 Å². The Hall–Kier alpha value is -4.50. The van der Waals surface area contributed by atoms with Crippen LogP contribution in [0.15, 0.2) is 82.2 Å². The molecular formula is C30H29N2O10S2+. The third-order valence-corrected chi connectivity index (χ3v) is 8.65. The van der Waals surface area contributed by atoms with Gasteiger partial charge in [0.2, 0.25) is 17.1 Å². The molecule has 2 heterocycles. The summed E-state index contributed by atoms with van der Waals surface area (Å²) in [6.45, 7) is 0.269. The van der Waals surface area contributed by atoms with E-state index in [2.05, 4.69) is 4.98 Å². The molecule has 0 atom stereocenters. The van der Waals surface area contributed by atoms with E-state index in [0.29, 0.717) is 22.2 Å². The number of hydrogen-bond donors (Lipinski definition) is 2. The van der Waals surface area contributed by atoms with E-state index in [0.717, 1.165) is 11.3 Å². The Morgan fingerprint density at radius 1 is 0.841 bits per heavy atom. The molecule has 2 N–H and O–H groups in total. The van der Waals surface area contributed by atoms with Crippen molar-refractivity contribution in [1.29, 1.82) is 0 Å². The molecule has 0 saturated heterocycles. The van der Waals surface area contributed by atoms with E-state index in [9.17, 15) is 25.9 Å². The molecule has 0 aliphatic heterocycles. The number of nitrogens with zero attached hydrogens (tertiary/aromatic N) is 2. The Labute approximate surface area is 254 Å². The smallest absolute Gasteiger partial charge is 0.298 e. The zero-order chi connectivity index (χ0) is 31.6. The summed E-state index contributed by atoms with van der Waals surface area (Å²) < 4.78 is 90.5. The maximum atomic E-state index is 12.1. The minimum Gasteiger partial charge on any atom is -0.497 e.